The molecule has 3 aromatic rings. The lowest BCUT2D eigenvalue weighted by Crippen LogP contribution is -2.23. The zero-order chi connectivity index (χ0) is 29.5. The van der Waals surface area contributed by atoms with E-state index in [9.17, 15) is 24.0 Å². The van der Waals surface area contributed by atoms with Gasteiger partial charge < -0.3 is 24.1 Å². The van der Waals surface area contributed by atoms with Gasteiger partial charge in [-0.3, -0.25) is 14.4 Å². The fourth-order valence-corrected chi connectivity index (χ4v) is 7.31. The Bertz CT molecular complexity index is 1570. The summed E-state index contributed by atoms with van der Waals surface area (Å²) in [6, 6.07) is 4.89. The predicted octanol–water partition coefficient (Wildman–Crippen LogP) is 3.58. The Hall–Kier alpha value is -3.49. The lowest BCUT2D eigenvalue weighted by atomic mass is 10.1. The number of carbonyl (C=O) groups is 5. The molecule has 0 saturated carbocycles. The number of fused-ring (bicyclic) bond motifs is 2. The molecule has 0 aliphatic heterocycles. The molecular formula is C27H29N3O8S3. The number of nitrogens with one attached hydrogen (secondary N) is 1. The van der Waals surface area contributed by atoms with E-state index in [4.69, 9.17) is 14.2 Å². The van der Waals surface area contributed by atoms with Gasteiger partial charge in [-0.05, 0) is 56.9 Å². The van der Waals surface area contributed by atoms with Crippen molar-refractivity contribution in [3.63, 3.8) is 0 Å². The number of amides is 2. The summed E-state index contributed by atoms with van der Waals surface area (Å²) in [5, 5.41) is 3.26. The van der Waals surface area contributed by atoms with E-state index in [0.717, 1.165) is 52.8 Å². The van der Waals surface area contributed by atoms with Crippen molar-refractivity contribution in [3.8, 4) is 0 Å². The Kier molecular flexibility index (Phi) is 10.3. The van der Waals surface area contributed by atoms with Crippen LogP contribution in [0.1, 0.15) is 51.4 Å². The molecular weight excluding hydrogens is 591 g/mol. The molecule has 0 saturated heterocycles. The van der Waals surface area contributed by atoms with E-state index in [-0.39, 0.29) is 42.0 Å². The van der Waals surface area contributed by atoms with Gasteiger partial charge in [0.05, 0.1) is 53.2 Å². The van der Waals surface area contributed by atoms with Gasteiger partial charge in [0.25, 0.3) is 5.91 Å². The highest BCUT2D eigenvalue weighted by atomic mass is 32.2. The number of aromatic nitrogens is 1. The van der Waals surface area contributed by atoms with Gasteiger partial charge in [0.2, 0.25) is 5.91 Å². The lowest BCUT2D eigenvalue weighted by molar-refractivity contribution is -0.143. The maximum atomic E-state index is 12.8. The summed E-state index contributed by atoms with van der Waals surface area (Å²) in [5.41, 5.74) is 2.30. The fraction of sp³-hybridized carbons (Fsp3) is 0.407. The van der Waals surface area contributed by atoms with Gasteiger partial charge in [-0.15, -0.1) is 23.1 Å². The van der Waals surface area contributed by atoms with E-state index in [2.05, 4.69) is 10.3 Å². The summed E-state index contributed by atoms with van der Waals surface area (Å²) in [7, 11) is 1.31. The van der Waals surface area contributed by atoms with Crippen LogP contribution in [0.3, 0.4) is 0 Å². The molecule has 14 heteroatoms. The van der Waals surface area contributed by atoms with Crippen LogP contribution < -0.4 is 10.1 Å². The van der Waals surface area contributed by atoms with Gasteiger partial charge >= 0.3 is 17.9 Å². The van der Waals surface area contributed by atoms with E-state index in [1.165, 1.54) is 18.4 Å². The van der Waals surface area contributed by atoms with Crippen LogP contribution >= 0.6 is 34.4 Å². The molecule has 11 nitrogen and oxygen atoms in total. The first-order chi connectivity index (χ1) is 19.7. The Morgan fingerprint density at radius 2 is 1.80 bits per heavy atom. The number of thiazole rings is 1. The normalized spacial score (nSPS) is 12.7. The van der Waals surface area contributed by atoms with E-state index in [1.807, 2.05) is 0 Å². The molecule has 0 spiro atoms. The van der Waals surface area contributed by atoms with E-state index in [0.29, 0.717) is 26.3 Å². The highest BCUT2D eigenvalue weighted by Crippen LogP contribution is 2.39. The number of carbonyl (C=O) groups excluding carboxylic acids is 5. The number of hydrogen-bond donors (Lipinski definition) is 1. The average molecular weight is 620 g/mol. The average Bonchev–Trinajstić information content (AvgIpc) is 3.61. The number of aryl methyl sites for hydroxylation is 1. The summed E-state index contributed by atoms with van der Waals surface area (Å²) < 4.78 is 17.3. The topological polar surface area (TPSA) is 142 Å². The number of methoxy groups -OCH3 is 1. The highest BCUT2D eigenvalue weighted by molar-refractivity contribution is 8.00. The summed E-state index contributed by atoms with van der Waals surface area (Å²) in [4.78, 5) is 67.7. The van der Waals surface area contributed by atoms with E-state index in [1.54, 1.807) is 36.6 Å². The third kappa shape index (κ3) is 7.24. The van der Waals surface area contributed by atoms with Crippen molar-refractivity contribution in [1.29, 1.82) is 0 Å². The fourth-order valence-electron chi connectivity index (χ4n) is 4.33. The van der Waals surface area contributed by atoms with Crippen molar-refractivity contribution in [2.24, 2.45) is 4.99 Å². The SMILES string of the molecule is CCOC(=O)Cn1c(=NC(=O)CSCC(=O)Nc2sc3c(c2C(=O)OC)CCC3)sc2cc(C(=O)OCC)ccc21. The third-order valence-electron chi connectivity index (χ3n) is 6.03. The van der Waals surface area contributed by atoms with Gasteiger partial charge in [0.15, 0.2) is 4.80 Å². The molecule has 0 fully saturated rings. The number of thiophene rings is 1. The molecule has 0 atom stereocenters. The molecule has 2 aromatic heterocycles. The van der Waals surface area contributed by atoms with Crippen LogP contribution in [-0.4, -0.2) is 66.1 Å². The first kappa shape index (κ1) is 30.5. The van der Waals surface area contributed by atoms with Gasteiger partial charge in [0.1, 0.15) is 11.5 Å². The predicted molar refractivity (Wildman–Crippen MR) is 157 cm³/mol. The van der Waals surface area contributed by atoms with Crippen molar-refractivity contribution in [3.05, 3.63) is 44.6 Å². The summed E-state index contributed by atoms with van der Waals surface area (Å²) in [6.45, 7) is 3.68. The van der Waals surface area contributed by atoms with Crippen LogP contribution in [0.2, 0.25) is 0 Å². The second-order valence-electron chi connectivity index (χ2n) is 8.78. The minimum atomic E-state index is -0.497. The molecule has 1 N–H and O–H groups in total. The van der Waals surface area contributed by atoms with Crippen molar-refractivity contribution >= 4 is 79.4 Å². The molecule has 2 amide bonds. The summed E-state index contributed by atoms with van der Waals surface area (Å²) in [6.07, 6.45) is 2.60. The van der Waals surface area contributed by atoms with E-state index < -0.39 is 23.8 Å². The molecule has 0 unspecified atom stereocenters. The Morgan fingerprint density at radius 1 is 1.02 bits per heavy atom. The zero-order valence-electron chi connectivity index (χ0n) is 22.8. The highest BCUT2D eigenvalue weighted by Gasteiger charge is 2.28. The second-order valence-corrected chi connectivity index (χ2v) is 11.9. The number of anilines is 1. The van der Waals surface area contributed by atoms with Gasteiger partial charge in [0, 0.05) is 4.88 Å². The van der Waals surface area contributed by atoms with Crippen LogP contribution in [0.25, 0.3) is 10.2 Å². The minimum Gasteiger partial charge on any atom is -0.465 e. The number of nitrogens with zero attached hydrogens (tertiary/aromatic N) is 2. The first-order valence-corrected chi connectivity index (χ1v) is 15.7. The van der Waals surface area contributed by atoms with Crippen LogP contribution in [0.4, 0.5) is 5.00 Å². The van der Waals surface area contributed by atoms with Crippen molar-refractivity contribution in [2.75, 3.05) is 37.1 Å². The number of benzene rings is 1. The number of esters is 3. The number of rotatable bonds is 11. The van der Waals surface area contributed by atoms with Crippen LogP contribution in [0, 0.1) is 0 Å². The molecule has 0 radical (unpaired) electrons. The first-order valence-electron chi connectivity index (χ1n) is 12.9. The minimum absolute atomic E-state index is 0.0252. The monoisotopic (exact) mass is 619 g/mol. The van der Waals surface area contributed by atoms with Gasteiger partial charge in [-0.1, -0.05) is 11.3 Å². The number of thioether (sulfide) groups is 1. The molecule has 1 aliphatic carbocycles. The molecule has 4 rings (SSSR count). The zero-order valence-corrected chi connectivity index (χ0v) is 25.2. The van der Waals surface area contributed by atoms with Crippen LogP contribution in [0.5, 0.6) is 0 Å². The molecule has 1 aromatic carbocycles. The molecule has 1 aliphatic rings. The van der Waals surface area contributed by atoms with Crippen molar-refractivity contribution in [1.82, 2.24) is 4.57 Å². The quantitative estimate of drug-likeness (QED) is 0.252. The van der Waals surface area contributed by atoms with Gasteiger partial charge in [-0.25, -0.2) is 9.59 Å². The maximum absolute atomic E-state index is 12.8. The standard InChI is InChI=1S/C27H29N3O8S3/c1-4-37-22(33)12-30-17-10-9-15(25(34)38-5-2)11-19(17)41-27(30)29-21(32)14-39-13-20(31)28-24-23(26(35)36-3)16-7-6-8-18(16)40-24/h9-11H,4-8,12-14H2,1-3H3,(H,28,31). The molecule has 41 heavy (non-hydrogen) atoms. The summed E-state index contributed by atoms with van der Waals surface area (Å²) in [5.74, 6) is -2.40. The lowest BCUT2D eigenvalue weighted by Gasteiger charge is -2.07. The smallest absolute Gasteiger partial charge is 0.341 e. The second kappa shape index (κ2) is 13.9. The summed E-state index contributed by atoms with van der Waals surface area (Å²) >= 11 is 3.61. The molecule has 2 heterocycles. The Balaban J connectivity index is 1.46. The third-order valence-corrected chi connectivity index (χ3v) is 9.20. The molecule has 218 valence electrons. The number of ether oxygens (including phenoxy) is 3. The van der Waals surface area contributed by atoms with Crippen LogP contribution in [-0.2, 0) is 48.0 Å². The van der Waals surface area contributed by atoms with Crippen molar-refractivity contribution in [2.45, 2.75) is 39.7 Å². The van der Waals surface area contributed by atoms with Crippen LogP contribution in [0.15, 0.2) is 23.2 Å². The van der Waals surface area contributed by atoms with Crippen molar-refractivity contribution < 1.29 is 38.2 Å². The Labute approximate surface area is 247 Å². The van der Waals surface area contributed by atoms with E-state index >= 15 is 0 Å². The largest absolute Gasteiger partial charge is 0.465 e. The Morgan fingerprint density at radius 3 is 2.54 bits per heavy atom. The maximum Gasteiger partial charge on any atom is 0.341 e. The molecule has 0 bridgehead atoms. The van der Waals surface area contributed by atoms with Gasteiger partial charge in [-0.2, -0.15) is 4.99 Å². The number of hydrogen-bond acceptors (Lipinski definition) is 11.